The van der Waals surface area contributed by atoms with Crippen molar-refractivity contribution < 1.29 is 23.4 Å². The van der Waals surface area contributed by atoms with Crippen LogP contribution in [-0.4, -0.2) is 41.1 Å². The molecule has 2 N–H and O–H groups in total. The first-order chi connectivity index (χ1) is 7.96. The zero-order valence-electron chi connectivity index (χ0n) is 8.98. The molecule has 0 aliphatic rings. The number of aliphatic hydroxyl groups excluding tert-OH is 2. The molecule has 0 atom stereocenters. The maximum Gasteiger partial charge on any atom is 0.405 e. The van der Waals surface area contributed by atoms with Crippen LogP contribution in [0.3, 0.4) is 0 Å². The monoisotopic (exact) mass is 250 g/mol. The van der Waals surface area contributed by atoms with Crippen molar-refractivity contribution in [1.82, 2.24) is 4.98 Å². The third kappa shape index (κ3) is 4.58. The summed E-state index contributed by atoms with van der Waals surface area (Å²) in [5, 5.41) is 17.6. The third-order valence-corrected chi connectivity index (χ3v) is 2.06. The Bertz CT molecular complexity index is 358. The van der Waals surface area contributed by atoms with Crippen LogP contribution in [0.5, 0.6) is 0 Å². The van der Waals surface area contributed by atoms with Gasteiger partial charge in [0.1, 0.15) is 12.4 Å². The number of halogens is 3. The summed E-state index contributed by atoms with van der Waals surface area (Å²) in [6.45, 7) is -2.02. The van der Waals surface area contributed by atoms with Crippen LogP contribution in [0.15, 0.2) is 18.3 Å². The van der Waals surface area contributed by atoms with Gasteiger partial charge < -0.3 is 15.1 Å². The fraction of sp³-hybridized carbons (Fsp3) is 0.500. The second-order valence-electron chi connectivity index (χ2n) is 3.44. The fourth-order valence-corrected chi connectivity index (χ4v) is 1.34. The first-order valence-electron chi connectivity index (χ1n) is 4.94. The van der Waals surface area contributed by atoms with Gasteiger partial charge in [-0.3, -0.25) is 0 Å². The van der Waals surface area contributed by atoms with Crippen LogP contribution in [0, 0.1) is 0 Å². The number of rotatable bonds is 5. The summed E-state index contributed by atoms with van der Waals surface area (Å²) in [5.41, 5.74) is 0.472. The van der Waals surface area contributed by atoms with Gasteiger partial charge in [0.15, 0.2) is 0 Å². The van der Waals surface area contributed by atoms with E-state index in [0.717, 1.165) is 4.90 Å². The van der Waals surface area contributed by atoms with E-state index in [0.29, 0.717) is 5.56 Å². The quantitative estimate of drug-likeness (QED) is 0.816. The van der Waals surface area contributed by atoms with Gasteiger partial charge in [0.05, 0.1) is 13.2 Å². The normalized spacial score (nSPS) is 11.6. The molecule has 1 aromatic heterocycles. The molecule has 1 aromatic rings. The smallest absolute Gasteiger partial charge is 0.395 e. The molecule has 17 heavy (non-hydrogen) atoms. The minimum absolute atomic E-state index is 0.0860. The summed E-state index contributed by atoms with van der Waals surface area (Å²) in [6.07, 6.45) is -3.05. The molecule has 0 unspecified atom stereocenters. The topological polar surface area (TPSA) is 56.6 Å². The lowest BCUT2D eigenvalue weighted by Gasteiger charge is -2.24. The standard InChI is InChI=1S/C10H13F3N2O2/c11-10(12,13)7-15(3-4-16)9-5-8(6-17)1-2-14-9/h1-2,5,16-17H,3-4,6-7H2. The Hall–Kier alpha value is -1.34. The molecule has 1 heterocycles. The molecule has 0 spiro atoms. The molecule has 4 nitrogen and oxygen atoms in total. The minimum Gasteiger partial charge on any atom is -0.395 e. The molecule has 0 aliphatic heterocycles. The summed E-state index contributed by atoms with van der Waals surface area (Å²) in [4.78, 5) is 4.71. The Morgan fingerprint density at radius 2 is 2.00 bits per heavy atom. The molecular formula is C10H13F3N2O2. The highest BCUT2D eigenvalue weighted by Gasteiger charge is 2.31. The molecule has 0 bridgehead atoms. The van der Waals surface area contributed by atoms with Crippen molar-refractivity contribution in [2.24, 2.45) is 0 Å². The van der Waals surface area contributed by atoms with Crippen molar-refractivity contribution in [3.8, 4) is 0 Å². The lowest BCUT2D eigenvalue weighted by molar-refractivity contribution is -0.120. The fourth-order valence-electron chi connectivity index (χ4n) is 1.34. The number of hydrogen-bond donors (Lipinski definition) is 2. The van der Waals surface area contributed by atoms with Crippen molar-refractivity contribution in [2.45, 2.75) is 12.8 Å². The molecule has 0 saturated heterocycles. The number of alkyl halides is 3. The Morgan fingerprint density at radius 3 is 2.53 bits per heavy atom. The van der Waals surface area contributed by atoms with Gasteiger partial charge in [-0.05, 0) is 17.7 Å². The van der Waals surface area contributed by atoms with Crippen LogP contribution < -0.4 is 4.90 Å². The number of nitrogens with zero attached hydrogens (tertiary/aromatic N) is 2. The predicted octanol–water partition coefficient (Wildman–Crippen LogP) is 0.935. The van der Waals surface area contributed by atoms with Gasteiger partial charge in [0.2, 0.25) is 0 Å². The van der Waals surface area contributed by atoms with Crippen LogP contribution in [0.4, 0.5) is 19.0 Å². The summed E-state index contributed by atoms with van der Waals surface area (Å²) in [5.74, 6) is 0.0860. The molecular weight excluding hydrogens is 237 g/mol. The Morgan fingerprint density at radius 1 is 1.29 bits per heavy atom. The Labute approximate surface area is 96.3 Å². The number of hydrogen-bond acceptors (Lipinski definition) is 4. The van der Waals surface area contributed by atoms with Gasteiger partial charge in [0, 0.05) is 12.7 Å². The van der Waals surface area contributed by atoms with E-state index in [1.54, 1.807) is 0 Å². The molecule has 0 radical (unpaired) electrons. The first kappa shape index (κ1) is 13.7. The van der Waals surface area contributed by atoms with E-state index in [-0.39, 0.29) is 19.0 Å². The highest BCUT2D eigenvalue weighted by molar-refractivity contribution is 5.41. The number of aliphatic hydroxyl groups is 2. The van der Waals surface area contributed by atoms with Crippen molar-refractivity contribution in [3.05, 3.63) is 23.9 Å². The number of aromatic nitrogens is 1. The Balaban J connectivity index is 2.88. The van der Waals surface area contributed by atoms with Crippen molar-refractivity contribution in [2.75, 3.05) is 24.6 Å². The molecule has 0 aromatic carbocycles. The third-order valence-electron chi connectivity index (χ3n) is 2.06. The number of anilines is 1. The molecule has 0 fully saturated rings. The van der Waals surface area contributed by atoms with Gasteiger partial charge in [0.25, 0.3) is 0 Å². The lowest BCUT2D eigenvalue weighted by atomic mass is 10.2. The second kappa shape index (κ2) is 5.83. The maximum atomic E-state index is 12.3. The summed E-state index contributed by atoms with van der Waals surface area (Å²) in [6, 6.07) is 2.87. The van der Waals surface area contributed by atoms with E-state index in [9.17, 15) is 13.2 Å². The highest BCUT2D eigenvalue weighted by Crippen LogP contribution is 2.21. The van der Waals surface area contributed by atoms with Crippen molar-refractivity contribution in [3.63, 3.8) is 0 Å². The predicted molar refractivity (Wildman–Crippen MR) is 55.5 cm³/mol. The molecule has 96 valence electrons. The second-order valence-corrected chi connectivity index (χ2v) is 3.44. The summed E-state index contributed by atoms with van der Waals surface area (Å²) >= 11 is 0. The maximum absolute atomic E-state index is 12.3. The largest absolute Gasteiger partial charge is 0.405 e. The van der Waals surface area contributed by atoms with Gasteiger partial charge in [-0.15, -0.1) is 0 Å². The molecule has 0 aliphatic carbocycles. The van der Waals surface area contributed by atoms with E-state index in [1.165, 1.54) is 18.3 Å². The first-order valence-corrected chi connectivity index (χ1v) is 4.94. The average Bonchev–Trinajstić information content (AvgIpc) is 2.27. The van der Waals surface area contributed by atoms with E-state index < -0.39 is 19.3 Å². The zero-order valence-corrected chi connectivity index (χ0v) is 8.98. The van der Waals surface area contributed by atoms with Gasteiger partial charge in [-0.2, -0.15) is 13.2 Å². The molecule has 0 amide bonds. The van der Waals surface area contributed by atoms with Crippen molar-refractivity contribution >= 4 is 5.82 Å². The minimum atomic E-state index is -4.37. The van der Waals surface area contributed by atoms with E-state index in [4.69, 9.17) is 10.2 Å². The molecule has 0 saturated carbocycles. The van der Waals surface area contributed by atoms with Crippen molar-refractivity contribution in [1.29, 1.82) is 0 Å². The summed E-state index contributed by atoms with van der Waals surface area (Å²) in [7, 11) is 0. The SMILES string of the molecule is OCCN(CC(F)(F)F)c1cc(CO)ccn1. The number of pyridine rings is 1. The average molecular weight is 250 g/mol. The molecule has 7 heteroatoms. The Kier molecular flexibility index (Phi) is 4.71. The van der Waals surface area contributed by atoms with Crippen LogP contribution in [0.1, 0.15) is 5.56 Å². The van der Waals surface area contributed by atoms with Crippen LogP contribution >= 0.6 is 0 Å². The van der Waals surface area contributed by atoms with E-state index >= 15 is 0 Å². The van der Waals surface area contributed by atoms with Crippen LogP contribution in [0.2, 0.25) is 0 Å². The van der Waals surface area contributed by atoms with Gasteiger partial charge in [-0.25, -0.2) is 4.98 Å². The van der Waals surface area contributed by atoms with Crippen LogP contribution in [0.25, 0.3) is 0 Å². The lowest BCUT2D eigenvalue weighted by Crippen LogP contribution is -2.36. The van der Waals surface area contributed by atoms with E-state index in [1.807, 2.05) is 0 Å². The molecule has 1 rings (SSSR count). The van der Waals surface area contributed by atoms with Gasteiger partial charge in [-0.1, -0.05) is 0 Å². The van der Waals surface area contributed by atoms with Crippen LogP contribution in [-0.2, 0) is 6.61 Å². The highest BCUT2D eigenvalue weighted by atomic mass is 19.4. The van der Waals surface area contributed by atoms with Gasteiger partial charge >= 0.3 is 6.18 Å². The summed E-state index contributed by atoms with van der Waals surface area (Å²) < 4.78 is 36.9. The zero-order chi connectivity index (χ0) is 12.9. The van der Waals surface area contributed by atoms with E-state index in [2.05, 4.69) is 4.98 Å².